The smallest absolute Gasteiger partial charge is 0.269 e. The number of hydrogen-bond acceptors (Lipinski definition) is 4. The van der Waals surface area contributed by atoms with Crippen LogP contribution in [0.3, 0.4) is 0 Å². The van der Waals surface area contributed by atoms with Gasteiger partial charge in [-0.15, -0.1) is 0 Å². The Morgan fingerprint density at radius 1 is 1.19 bits per heavy atom. The van der Waals surface area contributed by atoms with Gasteiger partial charge in [-0.2, -0.15) is 0 Å². The van der Waals surface area contributed by atoms with Crippen LogP contribution in [-0.2, 0) is 17.8 Å². The summed E-state index contributed by atoms with van der Waals surface area (Å²) in [4.78, 5) is 22.2. The molecule has 0 atom stereocenters. The molecule has 0 heterocycles. The topological polar surface area (TPSA) is 92.5 Å². The molecule has 2 rings (SSSR count). The molecule has 0 unspecified atom stereocenters. The van der Waals surface area contributed by atoms with Crippen LogP contribution in [0.25, 0.3) is 0 Å². The van der Waals surface area contributed by atoms with Crippen molar-refractivity contribution in [2.45, 2.75) is 13.0 Å². The molecular formula is C15H14N2O4. The van der Waals surface area contributed by atoms with E-state index in [2.05, 4.69) is 5.32 Å². The number of aliphatic hydroxyl groups is 1. The largest absolute Gasteiger partial charge is 0.392 e. The highest BCUT2D eigenvalue weighted by Gasteiger charge is 2.10. The van der Waals surface area contributed by atoms with Gasteiger partial charge >= 0.3 is 0 Å². The van der Waals surface area contributed by atoms with Crippen LogP contribution in [0.2, 0.25) is 0 Å². The maximum Gasteiger partial charge on any atom is 0.269 e. The minimum absolute atomic E-state index is 0.0292. The normalized spacial score (nSPS) is 10.1. The molecule has 0 radical (unpaired) electrons. The number of anilines is 1. The standard InChI is InChI=1S/C15H14N2O4/c18-10-12-5-1-2-7-14(12)16-15(19)9-11-4-3-6-13(8-11)17(20)21/h1-8,18H,9-10H2,(H,16,19). The number of nitro groups is 1. The molecule has 6 heteroatoms. The van der Waals surface area contributed by atoms with Gasteiger partial charge in [0.25, 0.3) is 5.69 Å². The van der Waals surface area contributed by atoms with E-state index >= 15 is 0 Å². The predicted octanol–water partition coefficient (Wildman–Crippen LogP) is 2.27. The zero-order chi connectivity index (χ0) is 15.2. The second-order valence-corrected chi connectivity index (χ2v) is 4.47. The maximum absolute atomic E-state index is 12.0. The van der Waals surface area contributed by atoms with Crippen molar-refractivity contribution in [1.29, 1.82) is 0 Å². The average molecular weight is 286 g/mol. The number of carbonyl (C=O) groups excluding carboxylic acids is 1. The van der Waals surface area contributed by atoms with E-state index in [9.17, 15) is 20.0 Å². The molecule has 21 heavy (non-hydrogen) atoms. The van der Waals surface area contributed by atoms with Crippen molar-refractivity contribution in [3.8, 4) is 0 Å². The molecule has 0 aromatic heterocycles. The SMILES string of the molecule is O=C(Cc1cccc([N+](=O)[O-])c1)Nc1ccccc1CO. The fraction of sp³-hybridized carbons (Fsp3) is 0.133. The van der Waals surface area contributed by atoms with Crippen molar-refractivity contribution in [2.24, 2.45) is 0 Å². The Kier molecular flexibility index (Phi) is 4.63. The molecule has 0 bridgehead atoms. The third-order valence-electron chi connectivity index (χ3n) is 2.95. The van der Waals surface area contributed by atoms with Gasteiger partial charge in [-0.25, -0.2) is 0 Å². The minimum Gasteiger partial charge on any atom is -0.392 e. The fourth-order valence-electron chi connectivity index (χ4n) is 1.94. The Morgan fingerprint density at radius 3 is 2.67 bits per heavy atom. The first-order valence-electron chi connectivity index (χ1n) is 6.32. The summed E-state index contributed by atoms with van der Waals surface area (Å²) in [5.41, 5.74) is 1.67. The number of amides is 1. The lowest BCUT2D eigenvalue weighted by atomic mass is 10.1. The highest BCUT2D eigenvalue weighted by atomic mass is 16.6. The van der Waals surface area contributed by atoms with Gasteiger partial charge in [0.2, 0.25) is 5.91 Å². The molecule has 0 saturated carbocycles. The molecule has 2 N–H and O–H groups in total. The van der Waals surface area contributed by atoms with Gasteiger partial charge in [0.05, 0.1) is 18.0 Å². The third-order valence-corrected chi connectivity index (χ3v) is 2.95. The number of carbonyl (C=O) groups is 1. The lowest BCUT2D eigenvalue weighted by Gasteiger charge is -2.09. The second kappa shape index (κ2) is 6.62. The van der Waals surface area contributed by atoms with Crippen LogP contribution in [0.4, 0.5) is 11.4 Å². The van der Waals surface area contributed by atoms with Gasteiger partial charge < -0.3 is 10.4 Å². The van der Waals surface area contributed by atoms with Crippen LogP contribution in [0.5, 0.6) is 0 Å². The van der Waals surface area contributed by atoms with E-state index in [-0.39, 0.29) is 24.6 Å². The molecule has 2 aromatic carbocycles. The van der Waals surface area contributed by atoms with Crippen molar-refractivity contribution in [1.82, 2.24) is 0 Å². The van der Waals surface area contributed by atoms with Crippen LogP contribution in [0, 0.1) is 10.1 Å². The molecule has 0 aliphatic heterocycles. The molecule has 0 aliphatic carbocycles. The summed E-state index contributed by atoms with van der Waals surface area (Å²) >= 11 is 0. The number of benzene rings is 2. The quantitative estimate of drug-likeness (QED) is 0.651. The summed E-state index contributed by atoms with van der Waals surface area (Å²) in [6.45, 7) is -0.173. The van der Waals surface area contributed by atoms with Crippen molar-refractivity contribution in [3.05, 3.63) is 69.8 Å². The molecule has 0 saturated heterocycles. The van der Waals surface area contributed by atoms with E-state index in [1.165, 1.54) is 12.1 Å². The average Bonchev–Trinajstić information content (AvgIpc) is 2.48. The molecule has 108 valence electrons. The number of non-ortho nitro benzene ring substituents is 1. The number of nitrogens with one attached hydrogen (secondary N) is 1. The molecule has 6 nitrogen and oxygen atoms in total. The van der Waals surface area contributed by atoms with Gasteiger partial charge in [-0.1, -0.05) is 30.3 Å². The first-order chi connectivity index (χ1) is 10.1. The second-order valence-electron chi connectivity index (χ2n) is 4.47. The zero-order valence-electron chi connectivity index (χ0n) is 11.2. The monoisotopic (exact) mass is 286 g/mol. The fourth-order valence-corrected chi connectivity index (χ4v) is 1.94. The predicted molar refractivity (Wildman–Crippen MR) is 77.8 cm³/mol. The zero-order valence-corrected chi connectivity index (χ0v) is 11.2. The van der Waals surface area contributed by atoms with E-state index in [0.29, 0.717) is 16.8 Å². The molecular weight excluding hydrogens is 272 g/mol. The number of hydrogen-bond donors (Lipinski definition) is 2. The Hall–Kier alpha value is -2.73. The molecule has 1 amide bonds. The lowest BCUT2D eigenvalue weighted by molar-refractivity contribution is -0.384. The Balaban J connectivity index is 2.08. The van der Waals surface area contributed by atoms with Gasteiger partial charge in [0.15, 0.2) is 0 Å². The van der Waals surface area contributed by atoms with Crippen molar-refractivity contribution >= 4 is 17.3 Å². The number of para-hydroxylation sites is 1. The lowest BCUT2D eigenvalue weighted by Crippen LogP contribution is -2.15. The summed E-state index contributed by atoms with van der Waals surface area (Å²) in [5.74, 6) is -0.295. The number of nitro benzene ring substituents is 1. The highest BCUT2D eigenvalue weighted by molar-refractivity contribution is 5.93. The summed E-state index contributed by atoms with van der Waals surface area (Å²) in [6.07, 6.45) is 0.0292. The van der Waals surface area contributed by atoms with E-state index < -0.39 is 4.92 Å². The van der Waals surface area contributed by atoms with Crippen LogP contribution in [0.1, 0.15) is 11.1 Å². The maximum atomic E-state index is 12.0. The van der Waals surface area contributed by atoms with Gasteiger partial charge in [-0.3, -0.25) is 14.9 Å². The van der Waals surface area contributed by atoms with Crippen molar-refractivity contribution in [3.63, 3.8) is 0 Å². The molecule has 0 spiro atoms. The molecule has 0 fully saturated rings. The summed E-state index contributed by atoms with van der Waals surface area (Å²) in [7, 11) is 0. The summed E-state index contributed by atoms with van der Waals surface area (Å²) in [6, 6.07) is 12.9. The van der Waals surface area contributed by atoms with Gasteiger partial charge in [-0.05, 0) is 11.6 Å². The van der Waals surface area contributed by atoms with Crippen molar-refractivity contribution < 1.29 is 14.8 Å². The molecule has 0 aliphatic rings. The van der Waals surface area contributed by atoms with E-state index in [1.807, 2.05) is 0 Å². The first-order valence-corrected chi connectivity index (χ1v) is 6.32. The Morgan fingerprint density at radius 2 is 1.95 bits per heavy atom. The van der Waals surface area contributed by atoms with E-state index in [1.54, 1.807) is 36.4 Å². The van der Waals surface area contributed by atoms with Crippen LogP contribution >= 0.6 is 0 Å². The van der Waals surface area contributed by atoms with Gasteiger partial charge in [0.1, 0.15) is 0 Å². The summed E-state index contributed by atoms with van der Waals surface area (Å²) < 4.78 is 0. The van der Waals surface area contributed by atoms with E-state index in [4.69, 9.17) is 0 Å². The van der Waals surface area contributed by atoms with Crippen LogP contribution in [-0.4, -0.2) is 15.9 Å². The summed E-state index contributed by atoms with van der Waals surface area (Å²) in [5, 5.41) is 22.6. The first kappa shape index (κ1) is 14.7. The Bertz CT molecular complexity index is 670. The number of rotatable bonds is 5. The van der Waals surface area contributed by atoms with E-state index in [0.717, 1.165) is 0 Å². The third kappa shape index (κ3) is 3.87. The Labute approximate surface area is 121 Å². The number of nitrogens with zero attached hydrogens (tertiary/aromatic N) is 1. The number of aliphatic hydroxyl groups excluding tert-OH is 1. The van der Waals surface area contributed by atoms with Crippen LogP contribution in [0.15, 0.2) is 48.5 Å². The van der Waals surface area contributed by atoms with Crippen molar-refractivity contribution in [2.75, 3.05) is 5.32 Å². The molecule has 2 aromatic rings. The minimum atomic E-state index is -0.498. The highest BCUT2D eigenvalue weighted by Crippen LogP contribution is 2.17. The van der Waals surface area contributed by atoms with Crippen LogP contribution < -0.4 is 5.32 Å². The van der Waals surface area contributed by atoms with Gasteiger partial charge in [0, 0.05) is 23.4 Å².